The summed E-state index contributed by atoms with van der Waals surface area (Å²) in [7, 11) is 3.28. The van der Waals surface area contributed by atoms with E-state index in [0.717, 1.165) is 0 Å². The molecule has 1 aromatic heterocycles. The molecule has 0 amide bonds. The van der Waals surface area contributed by atoms with Gasteiger partial charge in [-0.05, 0) is 13.3 Å². The van der Waals surface area contributed by atoms with Crippen molar-refractivity contribution in [1.29, 1.82) is 0 Å². The monoisotopic (exact) mass is 242 g/mol. The molecule has 17 heavy (non-hydrogen) atoms. The second-order valence-electron chi connectivity index (χ2n) is 3.88. The van der Waals surface area contributed by atoms with E-state index in [4.69, 9.17) is 4.74 Å². The summed E-state index contributed by atoms with van der Waals surface area (Å²) in [6, 6.07) is -0.0150. The number of nitrogens with zero attached hydrogens (tertiary/aromatic N) is 3. The van der Waals surface area contributed by atoms with Gasteiger partial charge in [-0.3, -0.25) is 10.1 Å². The normalized spacial score (nSPS) is 12.5. The fourth-order valence-electron chi connectivity index (χ4n) is 1.69. The quantitative estimate of drug-likeness (QED) is 0.601. The number of nitro groups is 1. The van der Waals surface area contributed by atoms with Gasteiger partial charge < -0.3 is 10.1 Å². The van der Waals surface area contributed by atoms with Crippen LogP contribution >= 0.6 is 0 Å². The third-order valence-electron chi connectivity index (χ3n) is 2.41. The lowest BCUT2D eigenvalue weighted by molar-refractivity contribution is -0.384. The SMILES string of the molecule is CCc1nn(C)c(NC(C)COC)c1[N+](=O)[O-]. The minimum Gasteiger partial charge on any atom is -0.383 e. The Hall–Kier alpha value is -1.63. The van der Waals surface area contributed by atoms with Crippen LogP contribution in [0.15, 0.2) is 0 Å². The van der Waals surface area contributed by atoms with Crippen LogP contribution in [0.1, 0.15) is 19.5 Å². The summed E-state index contributed by atoms with van der Waals surface area (Å²) in [6.07, 6.45) is 0.532. The Labute approximate surface area is 99.9 Å². The minimum absolute atomic E-state index is 0.0150. The van der Waals surface area contributed by atoms with Gasteiger partial charge in [0, 0.05) is 20.2 Å². The molecule has 0 saturated carbocycles. The van der Waals surface area contributed by atoms with Gasteiger partial charge in [0.05, 0.1) is 11.5 Å². The van der Waals surface area contributed by atoms with Crippen molar-refractivity contribution in [2.24, 2.45) is 7.05 Å². The molecule has 0 aliphatic rings. The molecule has 0 fully saturated rings. The molecular formula is C10H18N4O3. The van der Waals surface area contributed by atoms with Crippen LogP contribution in [0.5, 0.6) is 0 Å². The van der Waals surface area contributed by atoms with Crippen LogP contribution in [0, 0.1) is 10.1 Å². The summed E-state index contributed by atoms with van der Waals surface area (Å²) in [4.78, 5) is 10.6. The van der Waals surface area contributed by atoms with Crippen LogP contribution in [-0.2, 0) is 18.2 Å². The average Bonchev–Trinajstić information content (AvgIpc) is 2.56. The van der Waals surface area contributed by atoms with Gasteiger partial charge in [-0.1, -0.05) is 6.92 Å². The zero-order chi connectivity index (χ0) is 13.0. The van der Waals surface area contributed by atoms with Gasteiger partial charge in [0.2, 0.25) is 5.82 Å². The topological polar surface area (TPSA) is 82.2 Å². The van der Waals surface area contributed by atoms with Crippen molar-refractivity contribution >= 4 is 11.5 Å². The molecule has 0 saturated heterocycles. The Morgan fingerprint density at radius 3 is 2.76 bits per heavy atom. The minimum atomic E-state index is -0.395. The average molecular weight is 242 g/mol. The maximum absolute atomic E-state index is 11.0. The van der Waals surface area contributed by atoms with E-state index in [-0.39, 0.29) is 11.7 Å². The molecule has 96 valence electrons. The largest absolute Gasteiger partial charge is 0.383 e. The van der Waals surface area contributed by atoms with E-state index in [2.05, 4.69) is 10.4 Å². The van der Waals surface area contributed by atoms with Gasteiger partial charge >= 0.3 is 5.69 Å². The van der Waals surface area contributed by atoms with E-state index >= 15 is 0 Å². The number of nitrogens with one attached hydrogen (secondary N) is 1. The fourth-order valence-corrected chi connectivity index (χ4v) is 1.69. The van der Waals surface area contributed by atoms with Gasteiger partial charge in [0.25, 0.3) is 0 Å². The van der Waals surface area contributed by atoms with Crippen molar-refractivity contribution in [2.75, 3.05) is 19.0 Å². The molecular weight excluding hydrogens is 224 g/mol. The first kappa shape index (κ1) is 13.4. The number of anilines is 1. The fraction of sp³-hybridized carbons (Fsp3) is 0.700. The number of aryl methyl sites for hydroxylation is 2. The molecule has 0 spiro atoms. The summed E-state index contributed by atoms with van der Waals surface area (Å²) in [5, 5.41) is 18.2. The molecule has 7 heteroatoms. The molecule has 0 bridgehead atoms. The van der Waals surface area contributed by atoms with Gasteiger partial charge in [-0.2, -0.15) is 5.10 Å². The van der Waals surface area contributed by atoms with E-state index in [0.29, 0.717) is 24.5 Å². The zero-order valence-electron chi connectivity index (χ0n) is 10.6. The van der Waals surface area contributed by atoms with Crippen molar-refractivity contribution in [2.45, 2.75) is 26.3 Å². The van der Waals surface area contributed by atoms with Crippen LogP contribution < -0.4 is 5.32 Å². The van der Waals surface area contributed by atoms with E-state index in [9.17, 15) is 10.1 Å². The molecule has 1 atom stereocenters. The zero-order valence-corrected chi connectivity index (χ0v) is 10.6. The molecule has 1 aromatic rings. The van der Waals surface area contributed by atoms with Crippen molar-refractivity contribution in [1.82, 2.24) is 9.78 Å². The van der Waals surface area contributed by atoms with Gasteiger partial charge in [-0.15, -0.1) is 0 Å². The lowest BCUT2D eigenvalue weighted by atomic mass is 10.3. The summed E-state index contributed by atoms with van der Waals surface area (Å²) in [6.45, 7) is 4.22. The maximum atomic E-state index is 11.0. The van der Waals surface area contributed by atoms with Gasteiger partial charge in [0.1, 0.15) is 5.69 Å². The number of hydrogen-bond acceptors (Lipinski definition) is 5. The Balaban J connectivity index is 3.04. The van der Waals surface area contributed by atoms with E-state index in [1.165, 1.54) is 4.68 Å². The number of hydrogen-bond donors (Lipinski definition) is 1. The number of ether oxygens (including phenoxy) is 1. The molecule has 0 aromatic carbocycles. The molecule has 1 rings (SSSR count). The van der Waals surface area contributed by atoms with Crippen LogP contribution in [0.2, 0.25) is 0 Å². The third kappa shape index (κ3) is 2.94. The lowest BCUT2D eigenvalue weighted by Gasteiger charge is -2.13. The summed E-state index contributed by atoms with van der Waals surface area (Å²) < 4.78 is 6.49. The molecule has 0 radical (unpaired) electrons. The van der Waals surface area contributed by atoms with Crippen molar-refractivity contribution in [3.63, 3.8) is 0 Å². The van der Waals surface area contributed by atoms with Crippen LogP contribution in [0.25, 0.3) is 0 Å². The van der Waals surface area contributed by atoms with Crippen LogP contribution in [0.4, 0.5) is 11.5 Å². The first-order chi connectivity index (χ1) is 8.01. The number of aromatic nitrogens is 2. The standard InChI is InChI=1S/C10H18N4O3/c1-5-8-9(14(15)16)10(13(3)12-8)11-7(2)6-17-4/h7,11H,5-6H2,1-4H3. The van der Waals surface area contributed by atoms with Crippen LogP contribution in [-0.4, -0.2) is 34.5 Å². The predicted octanol–water partition coefficient (Wildman–Crippen LogP) is 1.34. The second-order valence-corrected chi connectivity index (χ2v) is 3.88. The molecule has 0 aliphatic heterocycles. The van der Waals surface area contributed by atoms with Crippen LogP contribution in [0.3, 0.4) is 0 Å². The smallest absolute Gasteiger partial charge is 0.333 e. The number of methoxy groups -OCH3 is 1. The van der Waals surface area contributed by atoms with Gasteiger partial charge in [-0.25, -0.2) is 4.68 Å². The first-order valence-electron chi connectivity index (χ1n) is 5.47. The summed E-state index contributed by atoms with van der Waals surface area (Å²) in [5.74, 6) is 0.427. The molecule has 1 N–H and O–H groups in total. The molecule has 1 unspecified atom stereocenters. The van der Waals surface area contributed by atoms with E-state index in [1.54, 1.807) is 14.2 Å². The predicted molar refractivity (Wildman–Crippen MR) is 64.2 cm³/mol. The highest BCUT2D eigenvalue weighted by Gasteiger charge is 2.26. The third-order valence-corrected chi connectivity index (χ3v) is 2.41. The highest BCUT2D eigenvalue weighted by atomic mass is 16.6. The Bertz CT molecular complexity index is 403. The summed E-state index contributed by atoms with van der Waals surface area (Å²) >= 11 is 0. The maximum Gasteiger partial charge on any atom is 0.333 e. The van der Waals surface area contributed by atoms with E-state index in [1.807, 2.05) is 13.8 Å². The first-order valence-corrected chi connectivity index (χ1v) is 5.47. The van der Waals surface area contributed by atoms with E-state index < -0.39 is 4.92 Å². The molecule has 1 heterocycles. The highest BCUT2D eigenvalue weighted by Crippen LogP contribution is 2.28. The Morgan fingerprint density at radius 1 is 1.65 bits per heavy atom. The molecule has 7 nitrogen and oxygen atoms in total. The van der Waals surface area contributed by atoms with Crippen molar-refractivity contribution in [3.05, 3.63) is 15.8 Å². The Morgan fingerprint density at radius 2 is 2.29 bits per heavy atom. The van der Waals surface area contributed by atoms with Crippen molar-refractivity contribution in [3.8, 4) is 0 Å². The lowest BCUT2D eigenvalue weighted by Crippen LogP contribution is -2.22. The summed E-state index contributed by atoms with van der Waals surface area (Å²) in [5.41, 5.74) is 0.544. The number of rotatable bonds is 6. The Kier molecular flexibility index (Phi) is 4.45. The highest BCUT2D eigenvalue weighted by molar-refractivity contribution is 5.60. The van der Waals surface area contributed by atoms with Crippen molar-refractivity contribution < 1.29 is 9.66 Å². The molecule has 0 aliphatic carbocycles. The van der Waals surface area contributed by atoms with Gasteiger partial charge in [0.15, 0.2) is 0 Å². The second kappa shape index (κ2) is 5.62.